The Hall–Kier alpha value is -2.26. The third-order valence-electron chi connectivity index (χ3n) is 7.18. The summed E-state index contributed by atoms with van der Waals surface area (Å²) in [6.45, 7) is 5.72. The van der Waals surface area contributed by atoms with E-state index in [9.17, 15) is 5.11 Å². The third kappa shape index (κ3) is 2.84. The van der Waals surface area contributed by atoms with Gasteiger partial charge in [-0.1, -0.05) is 36.9 Å². The molecule has 4 saturated carbocycles. The molecule has 2 aromatic rings. The van der Waals surface area contributed by atoms with Gasteiger partial charge in [0, 0.05) is 5.41 Å². The Bertz CT molecular complexity index is 858. The Morgan fingerprint density at radius 2 is 1.68 bits per heavy atom. The van der Waals surface area contributed by atoms with Crippen molar-refractivity contribution < 1.29 is 14.6 Å². The van der Waals surface area contributed by atoms with E-state index >= 15 is 0 Å². The maximum absolute atomic E-state index is 10.1. The summed E-state index contributed by atoms with van der Waals surface area (Å²) in [6.07, 6.45) is 5.73. The van der Waals surface area contributed by atoms with E-state index < -0.39 is 0 Å². The highest BCUT2D eigenvalue weighted by molar-refractivity contribution is 5.47. The summed E-state index contributed by atoms with van der Waals surface area (Å²) in [5, 5.41) is 10.1. The van der Waals surface area contributed by atoms with Crippen molar-refractivity contribution in [3.63, 3.8) is 0 Å². The smallest absolute Gasteiger partial charge is 0.119 e. The highest BCUT2D eigenvalue weighted by Crippen LogP contribution is 2.65. The van der Waals surface area contributed by atoms with Crippen LogP contribution in [0.25, 0.3) is 0 Å². The van der Waals surface area contributed by atoms with E-state index in [4.69, 9.17) is 9.47 Å². The predicted molar refractivity (Wildman–Crippen MR) is 110 cm³/mol. The molecular formula is C25H28O3. The van der Waals surface area contributed by atoms with E-state index in [0.29, 0.717) is 30.8 Å². The minimum absolute atomic E-state index is 0.0525. The SMILES string of the molecule is C=C1C2(OCCOc3ccccc3)CC3CC(C2)CC1(c1cccc(O)c1)C3. The molecule has 0 radical (unpaired) electrons. The van der Waals surface area contributed by atoms with Gasteiger partial charge in [-0.2, -0.15) is 0 Å². The monoisotopic (exact) mass is 376 g/mol. The zero-order valence-electron chi connectivity index (χ0n) is 16.3. The maximum atomic E-state index is 10.1. The summed E-state index contributed by atoms with van der Waals surface area (Å²) in [7, 11) is 0. The van der Waals surface area contributed by atoms with Crippen molar-refractivity contribution >= 4 is 0 Å². The van der Waals surface area contributed by atoms with Crippen molar-refractivity contribution in [2.75, 3.05) is 13.2 Å². The molecule has 146 valence electrons. The number of phenolic OH excluding ortho intramolecular Hbond substituents is 1. The number of hydrogen-bond acceptors (Lipinski definition) is 3. The fourth-order valence-electron chi connectivity index (χ4n) is 6.29. The number of benzene rings is 2. The van der Waals surface area contributed by atoms with Gasteiger partial charge in [0.25, 0.3) is 0 Å². The summed E-state index contributed by atoms with van der Waals surface area (Å²) in [6, 6.07) is 17.7. The molecule has 4 aliphatic rings. The van der Waals surface area contributed by atoms with Crippen LogP contribution >= 0.6 is 0 Å². The Labute approximate surface area is 167 Å². The van der Waals surface area contributed by atoms with Crippen LogP contribution < -0.4 is 4.74 Å². The zero-order valence-corrected chi connectivity index (χ0v) is 16.3. The standard InChI is InChI=1S/C25H28O3/c1-18-24(21-6-5-7-22(26)13-21)14-19-12-20(15-24)17-25(18,16-19)28-11-10-27-23-8-3-2-4-9-23/h2-9,13,19-20,26H,1,10-12,14-17H2. The average Bonchev–Trinajstić information content (AvgIpc) is 2.70. The lowest BCUT2D eigenvalue weighted by molar-refractivity contribution is -0.132. The molecule has 4 bridgehead atoms. The average molecular weight is 376 g/mol. The minimum Gasteiger partial charge on any atom is -0.508 e. The summed E-state index contributed by atoms with van der Waals surface area (Å²) in [4.78, 5) is 0. The van der Waals surface area contributed by atoms with E-state index in [1.807, 2.05) is 42.5 Å². The largest absolute Gasteiger partial charge is 0.508 e. The second kappa shape index (κ2) is 6.66. The van der Waals surface area contributed by atoms with Crippen molar-refractivity contribution in [2.45, 2.75) is 43.1 Å². The summed E-state index contributed by atoms with van der Waals surface area (Å²) >= 11 is 0. The first kappa shape index (κ1) is 17.8. The van der Waals surface area contributed by atoms with Gasteiger partial charge in [-0.25, -0.2) is 0 Å². The molecule has 0 aromatic heterocycles. The lowest BCUT2D eigenvalue weighted by Gasteiger charge is -2.63. The molecular weight excluding hydrogens is 348 g/mol. The molecule has 3 nitrogen and oxygen atoms in total. The number of para-hydroxylation sites is 1. The minimum atomic E-state index is -0.240. The molecule has 0 saturated heterocycles. The lowest BCUT2D eigenvalue weighted by atomic mass is 9.44. The van der Waals surface area contributed by atoms with Crippen LogP contribution in [0.5, 0.6) is 11.5 Å². The van der Waals surface area contributed by atoms with Crippen molar-refractivity contribution in [1.29, 1.82) is 0 Å². The van der Waals surface area contributed by atoms with Crippen molar-refractivity contribution in [3.8, 4) is 11.5 Å². The number of rotatable bonds is 6. The number of aromatic hydroxyl groups is 1. The molecule has 6 rings (SSSR count). The Morgan fingerprint density at radius 3 is 2.39 bits per heavy atom. The Morgan fingerprint density at radius 1 is 0.929 bits per heavy atom. The number of phenols is 1. The topological polar surface area (TPSA) is 38.7 Å². The van der Waals surface area contributed by atoms with Gasteiger partial charge in [-0.15, -0.1) is 0 Å². The third-order valence-corrected chi connectivity index (χ3v) is 7.18. The van der Waals surface area contributed by atoms with E-state index in [1.165, 1.54) is 17.6 Å². The Kier molecular flexibility index (Phi) is 4.24. The first-order valence-corrected chi connectivity index (χ1v) is 10.4. The van der Waals surface area contributed by atoms with Crippen molar-refractivity contribution in [1.82, 2.24) is 0 Å². The molecule has 4 fully saturated rings. The van der Waals surface area contributed by atoms with Gasteiger partial charge >= 0.3 is 0 Å². The first-order valence-electron chi connectivity index (χ1n) is 10.4. The lowest BCUT2D eigenvalue weighted by Crippen LogP contribution is -2.60. The summed E-state index contributed by atoms with van der Waals surface area (Å²) in [5.41, 5.74) is 2.14. The predicted octanol–water partition coefficient (Wildman–Crippen LogP) is 5.24. The zero-order chi connectivity index (χ0) is 19.2. The van der Waals surface area contributed by atoms with Gasteiger partial charge in [0.05, 0.1) is 12.2 Å². The number of ether oxygens (including phenoxy) is 2. The van der Waals surface area contributed by atoms with Crippen molar-refractivity contribution in [2.24, 2.45) is 11.8 Å². The molecule has 1 N–H and O–H groups in total. The van der Waals surface area contributed by atoms with Gasteiger partial charge in [-0.05, 0) is 79.3 Å². The van der Waals surface area contributed by atoms with Gasteiger partial charge in [0.1, 0.15) is 18.1 Å². The fourth-order valence-corrected chi connectivity index (χ4v) is 6.29. The van der Waals surface area contributed by atoms with Gasteiger partial charge in [0.2, 0.25) is 0 Å². The number of hydrogen-bond donors (Lipinski definition) is 1. The van der Waals surface area contributed by atoms with Crippen LogP contribution in [-0.2, 0) is 10.2 Å². The summed E-state index contributed by atoms with van der Waals surface area (Å²) < 4.78 is 12.4. The van der Waals surface area contributed by atoms with E-state index in [-0.39, 0.29) is 11.0 Å². The molecule has 0 amide bonds. The van der Waals surface area contributed by atoms with E-state index in [1.54, 1.807) is 6.07 Å². The van der Waals surface area contributed by atoms with Crippen LogP contribution in [0, 0.1) is 11.8 Å². The molecule has 2 unspecified atom stereocenters. The molecule has 2 aromatic carbocycles. The second-order valence-electron chi connectivity index (χ2n) is 8.90. The van der Waals surface area contributed by atoms with E-state index in [0.717, 1.165) is 31.4 Å². The van der Waals surface area contributed by atoms with Gasteiger partial charge in [-0.3, -0.25) is 0 Å². The maximum Gasteiger partial charge on any atom is 0.119 e. The van der Waals surface area contributed by atoms with Crippen LogP contribution in [0.2, 0.25) is 0 Å². The quantitative estimate of drug-likeness (QED) is 0.553. The van der Waals surface area contributed by atoms with Crippen LogP contribution in [-0.4, -0.2) is 23.9 Å². The van der Waals surface area contributed by atoms with Crippen LogP contribution in [0.1, 0.15) is 37.7 Å². The van der Waals surface area contributed by atoms with Crippen LogP contribution in [0.15, 0.2) is 66.7 Å². The molecule has 4 aliphatic carbocycles. The second-order valence-corrected chi connectivity index (χ2v) is 8.90. The van der Waals surface area contributed by atoms with Crippen molar-refractivity contribution in [3.05, 3.63) is 72.3 Å². The molecule has 0 spiro atoms. The Balaban J connectivity index is 1.35. The van der Waals surface area contributed by atoms with E-state index in [2.05, 4.69) is 12.6 Å². The highest BCUT2D eigenvalue weighted by atomic mass is 16.5. The first-order chi connectivity index (χ1) is 13.6. The summed E-state index contributed by atoms with van der Waals surface area (Å²) in [5.74, 6) is 2.57. The van der Waals surface area contributed by atoms with Crippen LogP contribution in [0.4, 0.5) is 0 Å². The van der Waals surface area contributed by atoms with Gasteiger partial charge in [0.15, 0.2) is 0 Å². The molecule has 28 heavy (non-hydrogen) atoms. The van der Waals surface area contributed by atoms with Gasteiger partial charge < -0.3 is 14.6 Å². The van der Waals surface area contributed by atoms with Crippen LogP contribution in [0.3, 0.4) is 0 Å². The highest BCUT2D eigenvalue weighted by Gasteiger charge is 2.61. The molecule has 3 heteroatoms. The fraction of sp³-hybridized carbons (Fsp3) is 0.440. The normalized spacial score (nSPS) is 33.2. The molecule has 2 atom stereocenters. The molecule has 0 heterocycles. The molecule has 0 aliphatic heterocycles.